The summed E-state index contributed by atoms with van der Waals surface area (Å²) in [7, 11) is 0. The average Bonchev–Trinajstić information content (AvgIpc) is 2.65. The minimum Gasteiger partial charge on any atom is -0.394 e. The van der Waals surface area contributed by atoms with Crippen LogP contribution in [0, 0.1) is 6.92 Å². The molecule has 2 heterocycles. The molecule has 1 aliphatic heterocycles. The van der Waals surface area contributed by atoms with Crippen LogP contribution in [0.1, 0.15) is 30.5 Å². The molecule has 2 atom stereocenters. The van der Waals surface area contributed by atoms with Crippen molar-refractivity contribution in [3.8, 4) is 0 Å². The molecule has 2 unspecified atom stereocenters. The second-order valence-corrected chi connectivity index (χ2v) is 5.81. The van der Waals surface area contributed by atoms with Gasteiger partial charge in [0.15, 0.2) is 10.3 Å². The highest BCUT2D eigenvalue weighted by atomic mass is 35.5. The van der Waals surface area contributed by atoms with Gasteiger partial charge in [0.05, 0.1) is 17.2 Å². The van der Waals surface area contributed by atoms with Crippen molar-refractivity contribution in [2.24, 2.45) is 0 Å². The number of aliphatic hydroxyl groups excluding tert-OH is 1. The van der Waals surface area contributed by atoms with Crippen molar-refractivity contribution in [3.63, 3.8) is 0 Å². The van der Waals surface area contributed by atoms with E-state index in [-0.39, 0.29) is 18.8 Å². The van der Waals surface area contributed by atoms with Crippen molar-refractivity contribution in [2.45, 2.75) is 38.8 Å². The molecule has 0 radical (unpaired) electrons. The Kier molecular flexibility index (Phi) is 3.25. The number of rotatable bonds is 2. The van der Waals surface area contributed by atoms with Crippen molar-refractivity contribution in [1.29, 1.82) is 0 Å². The van der Waals surface area contributed by atoms with Crippen molar-refractivity contribution < 1.29 is 14.6 Å². The molecular weight excluding hydrogens is 250 g/mol. The van der Waals surface area contributed by atoms with Crippen LogP contribution in [-0.2, 0) is 9.47 Å². The van der Waals surface area contributed by atoms with Gasteiger partial charge in [-0.3, -0.25) is 0 Å². The number of ether oxygens (including phenoxy) is 2. The number of nitrogens with zero attached hydrogens (tertiary/aromatic N) is 1. The highest BCUT2D eigenvalue weighted by molar-refractivity contribution is 7.15. The molecule has 2 rings (SSSR count). The van der Waals surface area contributed by atoms with Crippen molar-refractivity contribution in [2.75, 3.05) is 6.61 Å². The van der Waals surface area contributed by atoms with E-state index in [0.29, 0.717) is 4.47 Å². The topological polar surface area (TPSA) is 51.6 Å². The molecule has 0 aliphatic carbocycles. The van der Waals surface area contributed by atoms with Crippen molar-refractivity contribution >= 4 is 22.9 Å². The fourth-order valence-electron chi connectivity index (χ4n) is 1.83. The lowest BCUT2D eigenvalue weighted by atomic mass is 10.1. The molecule has 0 saturated carbocycles. The van der Waals surface area contributed by atoms with Crippen LogP contribution in [0.3, 0.4) is 0 Å². The SMILES string of the molecule is Cc1nc(Cl)sc1C1OC(C)(C)OC1CO. The van der Waals surface area contributed by atoms with E-state index in [1.165, 1.54) is 11.3 Å². The summed E-state index contributed by atoms with van der Waals surface area (Å²) in [5.74, 6) is -0.680. The van der Waals surface area contributed by atoms with Crippen LogP contribution in [0.4, 0.5) is 0 Å². The van der Waals surface area contributed by atoms with Crippen LogP contribution in [0.15, 0.2) is 0 Å². The molecule has 1 aromatic heterocycles. The summed E-state index contributed by atoms with van der Waals surface area (Å²) in [6.07, 6.45) is -0.643. The van der Waals surface area contributed by atoms with E-state index in [2.05, 4.69) is 4.98 Å². The molecule has 0 spiro atoms. The normalized spacial score (nSPS) is 28.6. The van der Waals surface area contributed by atoms with E-state index in [9.17, 15) is 5.11 Å². The summed E-state index contributed by atoms with van der Waals surface area (Å²) in [5, 5.41) is 9.27. The number of aryl methyl sites for hydroxylation is 1. The van der Waals surface area contributed by atoms with E-state index in [0.717, 1.165) is 10.6 Å². The second kappa shape index (κ2) is 4.23. The maximum absolute atomic E-state index is 9.27. The second-order valence-electron chi connectivity index (χ2n) is 4.19. The molecule has 6 heteroatoms. The van der Waals surface area contributed by atoms with Crippen molar-refractivity contribution in [3.05, 3.63) is 15.0 Å². The number of halogens is 1. The Balaban J connectivity index is 2.30. The highest BCUT2D eigenvalue weighted by Gasteiger charge is 2.43. The molecule has 0 amide bonds. The summed E-state index contributed by atoms with van der Waals surface area (Å²) in [6, 6.07) is 0. The Bertz CT molecular complexity index is 393. The zero-order valence-corrected chi connectivity index (χ0v) is 10.9. The maximum Gasteiger partial charge on any atom is 0.184 e. The highest BCUT2D eigenvalue weighted by Crippen LogP contribution is 2.42. The van der Waals surface area contributed by atoms with Crippen LogP contribution in [0.2, 0.25) is 4.47 Å². The quantitative estimate of drug-likeness (QED) is 0.890. The molecule has 1 aliphatic rings. The first-order chi connectivity index (χ1) is 7.43. The van der Waals surface area contributed by atoms with Gasteiger partial charge in [-0.2, -0.15) is 0 Å². The fourth-order valence-corrected chi connectivity index (χ4v) is 3.08. The largest absolute Gasteiger partial charge is 0.394 e. The first-order valence-corrected chi connectivity index (χ1v) is 6.22. The number of hydrogen-bond acceptors (Lipinski definition) is 5. The Hall–Kier alpha value is -0.200. The number of aliphatic hydroxyl groups is 1. The molecule has 4 nitrogen and oxygen atoms in total. The van der Waals surface area contributed by atoms with Crippen LogP contribution in [0.25, 0.3) is 0 Å². The Labute approximate surface area is 103 Å². The lowest BCUT2D eigenvalue weighted by Crippen LogP contribution is -2.23. The lowest BCUT2D eigenvalue weighted by Gasteiger charge is -2.16. The van der Waals surface area contributed by atoms with Crippen LogP contribution in [0.5, 0.6) is 0 Å². The van der Waals surface area contributed by atoms with E-state index in [4.69, 9.17) is 21.1 Å². The fraction of sp³-hybridized carbons (Fsp3) is 0.700. The molecular formula is C10H14ClNO3S. The van der Waals surface area contributed by atoms with Gasteiger partial charge in [-0.25, -0.2) is 4.98 Å². The zero-order chi connectivity index (χ0) is 11.9. The van der Waals surface area contributed by atoms with Gasteiger partial charge in [-0.1, -0.05) is 11.6 Å². The number of hydrogen-bond donors (Lipinski definition) is 1. The molecule has 0 aromatic carbocycles. The third-order valence-corrected chi connectivity index (χ3v) is 3.75. The van der Waals surface area contributed by atoms with Crippen LogP contribution < -0.4 is 0 Å². The standard InChI is InChI=1S/C10H14ClNO3S/c1-5-8(16-9(11)12-5)7-6(4-13)14-10(2,3)15-7/h6-7,13H,4H2,1-3H3. The van der Waals surface area contributed by atoms with Crippen molar-refractivity contribution in [1.82, 2.24) is 4.98 Å². The summed E-state index contributed by atoms with van der Waals surface area (Å²) in [6.45, 7) is 5.45. The third kappa shape index (κ3) is 2.24. The van der Waals surface area contributed by atoms with E-state index in [1.807, 2.05) is 20.8 Å². The van der Waals surface area contributed by atoms with E-state index >= 15 is 0 Å². The molecule has 1 aromatic rings. The molecule has 90 valence electrons. The summed E-state index contributed by atoms with van der Waals surface area (Å²) < 4.78 is 11.8. The Morgan fingerprint density at radius 3 is 2.69 bits per heavy atom. The smallest absolute Gasteiger partial charge is 0.184 e. The van der Waals surface area contributed by atoms with Gasteiger partial charge in [0, 0.05) is 0 Å². The van der Waals surface area contributed by atoms with Gasteiger partial charge in [0.1, 0.15) is 12.2 Å². The first-order valence-electron chi connectivity index (χ1n) is 5.02. The lowest BCUT2D eigenvalue weighted by molar-refractivity contribution is -0.149. The molecule has 1 fully saturated rings. The van der Waals surface area contributed by atoms with Crippen LogP contribution in [-0.4, -0.2) is 28.6 Å². The molecule has 16 heavy (non-hydrogen) atoms. The zero-order valence-electron chi connectivity index (χ0n) is 9.36. The van der Waals surface area contributed by atoms with Crippen LogP contribution >= 0.6 is 22.9 Å². The van der Waals surface area contributed by atoms with Gasteiger partial charge in [0.25, 0.3) is 0 Å². The first kappa shape index (κ1) is 12.3. The molecule has 1 saturated heterocycles. The predicted octanol–water partition coefficient (Wildman–Crippen LogP) is 2.29. The minimum absolute atomic E-state index is 0.0803. The Morgan fingerprint density at radius 1 is 1.50 bits per heavy atom. The van der Waals surface area contributed by atoms with Gasteiger partial charge >= 0.3 is 0 Å². The third-order valence-electron chi connectivity index (χ3n) is 2.43. The number of aromatic nitrogens is 1. The molecule has 0 bridgehead atoms. The summed E-state index contributed by atoms with van der Waals surface area (Å²) >= 11 is 7.22. The van der Waals surface area contributed by atoms with E-state index in [1.54, 1.807) is 0 Å². The van der Waals surface area contributed by atoms with E-state index < -0.39 is 5.79 Å². The monoisotopic (exact) mass is 263 g/mol. The minimum atomic E-state index is -0.680. The van der Waals surface area contributed by atoms with Gasteiger partial charge in [0.2, 0.25) is 0 Å². The molecule has 1 N–H and O–H groups in total. The number of thiazole rings is 1. The summed E-state index contributed by atoms with van der Waals surface area (Å²) in [5.41, 5.74) is 0.833. The van der Waals surface area contributed by atoms with Gasteiger partial charge < -0.3 is 14.6 Å². The maximum atomic E-state index is 9.27. The average molecular weight is 264 g/mol. The van der Waals surface area contributed by atoms with Gasteiger partial charge in [-0.15, -0.1) is 11.3 Å². The Morgan fingerprint density at radius 2 is 2.19 bits per heavy atom. The predicted molar refractivity (Wildman–Crippen MR) is 61.7 cm³/mol. The summed E-state index contributed by atoms with van der Waals surface area (Å²) in [4.78, 5) is 5.06. The van der Waals surface area contributed by atoms with Gasteiger partial charge in [-0.05, 0) is 20.8 Å².